The SMILES string of the molecule is CC(C)N(C)S(=O)(=O)Nc1cc(F)ccc1O. The van der Waals surface area contributed by atoms with Crippen LogP contribution in [0.2, 0.25) is 0 Å². The van der Waals surface area contributed by atoms with Gasteiger partial charge in [0, 0.05) is 19.2 Å². The van der Waals surface area contributed by atoms with Gasteiger partial charge in [0.2, 0.25) is 0 Å². The second kappa shape index (κ2) is 4.89. The van der Waals surface area contributed by atoms with E-state index in [0.717, 1.165) is 22.5 Å². The molecule has 5 nitrogen and oxygen atoms in total. The van der Waals surface area contributed by atoms with E-state index in [9.17, 15) is 17.9 Å². The number of phenolic OH excluding ortho intramolecular Hbond substituents is 1. The van der Waals surface area contributed by atoms with Gasteiger partial charge in [0.05, 0.1) is 5.69 Å². The van der Waals surface area contributed by atoms with Crippen molar-refractivity contribution >= 4 is 15.9 Å². The van der Waals surface area contributed by atoms with Crippen molar-refractivity contribution in [2.24, 2.45) is 0 Å². The number of rotatable bonds is 4. The lowest BCUT2D eigenvalue weighted by molar-refractivity contribution is 0.413. The Hall–Kier alpha value is -1.34. The number of halogens is 1. The maximum atomic E-state index is 12.9. The van der Waals surface area contributed by atoms with Crippen molar-refractivity contribution in [2.45, 2.75) is 19.9 Å². The molecule has 1 rings (SSSR count). The van der Waals surface area contributed by atoms with Gasteiger partial charge in [-0.25, -0.2) is 4.39 Å². The summed E-state index contributed by atoms with van der Waals surface area (Å²) in [6.07, 6.45) is 0. The van der Waals surface area contributed by atoms with Crippen LogP contribution in [0.4, 0.5) is 10.1 Å². The van der Waals surface area contributed by atoms with E-state index in [1.807, 2.05) is 0 Å². The van der Waals surface area contributed by atoms with Gasteiger partial charge < -0.3 is 5.11 Å². The van der Waals surface area contributed by atoms with Gasteiger partial charge >= 0.3 is 10.2 Å². The predicted octanol–water partition coefficient (Wildman–Crippen LogP) is 1.53. The van der Waals surface area contributed by atoms with Crippen LogP contribution in [-0.2, 0) is 10.2 Å². The molecule has 96 valence electrons. The molecule has 0 aliphatic rings. The van der Waals surface area contributed by atoms with E-state index < -0.39 is 16.0 Å². The summed E-state index contributed by atoms with van der Waals surface area (Å²) >= 11 is 0. The van der Waals surface area contributed by atoms with E-state index in [1.54, 1.807) is 13.8 Å². The normalized spacial score (nSPS) is 12.1. The molecule has 0 aliphatic carbocycles. The van der Waals surface area contributed by atoms with Crippen LogP contribution >= 0.6 is 0 Å². The Balaban J connectivity index is 3.02. The van der Waals surface area contributed by atoms with Crippen molar-refractivity contribution < 1.29 is 17.9 Å². The van der Waals surface area contributed by atoms with Crippen molar-refractivity contribution in [3.05, 3.63) is 24.0 Å². The van der Waals surface area contributed by atoms with Crippen LogP contribution in [0.5, 0.6) is 5.75 Å². The summed E-state index contributed by atoms with van der Waals surface area (Å²) in [6, 6.07) is 2.80. The van der Waals surface area contributed by atoms with E-state index in [0.29, 0.717) is 0 Å². The summed E-state index contributed by atoms with van der Waals surface area (Å²) in [5, 5.41) is 9.41. The summed E-state index contributed by atoms with van der Waals surface area (Å²) < 4.78 is 39.7. The standard InChI is InChI=1S/C10H15FN2O3S/c1-7(2)13(3)17(15,16)12-9-6-8(11)4-5-10(9)14/h4-7,12,14H,1-3H3. The van der Waals surface area contributed by atoms with Crippen LogP contribution < -0.4 is 4.72 Å². The molecule has 0 unspecified atom stereocenters. The molecular formula is C10H15FN2O3S. The zero-order valence-electron chi connectivity index (χ0n) is 9.81. The number of phenols is 1. The first kappa shape index (κ1) is 13.7. The van der Waals surface area contributed by atoms with Gasteiger partial charge in [-0.15, -0.1) is 0 Å². The van der Waals surface area contributed by atoms with Crippen LogP contribution in [0, 0.1) is 5.82 Å². The minimum absolute atomic E-state index is 0.183. The van der Waals surface area contributed by atoms with Crippen molar-refractivity contribution in [3.63, 3.8) is 0 Å². The van der Waals surface area contributed by atoms with Crippen LogP contribution in [0.1, 0.15) is 13.8 Å². The molecule has 0 atom stereocenters. The molecule has 0 heterocycles. The molecule has 1 aromatic rings. The second-order valence-electron chi connectivity index (χ2n) is 3.88. The smallest absolute Gasteiger partial charge is 0.301 e. The third-order valence-electron chi connectivity index (χ3n) is 2.30. The van der Waals surface area contributed by atoms with Gasteiger partial charge in [0.15, 0.2) is 0 Å². The average Bonchev–Trinajstić information content (AvgIpc) is 2.21. The zero-order valence-corrected chi connectivity index (χ0v) is 10.6. The van der Waals surface area contributed by atoms with Crippen molar-refractivity contribution in [3.8, 4) is 5.75 Å². The highest BCUT2D eigenvalue weighted by molar-refractivity contribution is 7.90. The Labute approximate surface area is 100 Å². The fourth-order valence-corrected chi connectivity index (χ4v) is 2.22. The summed E-state index contributed by atoms with van der Waals surface area (Å²) in [6.45, 7) is 3.40. The molecule has 0 saturated carbocycles. The minimum Gasteiger partial charge on any atom is -0.506 e. The largest absolute Gasteiger partial charge is 0.506 e. The van der Waals surface area contributed by atoms with E-state index in [-0.39, 0.29) is 17.5 Å². The van der Waals surface area contributed by atoms with Gasteiger partial charge in [-0.3, -0.25) is 4.72 Å². The monoisotopic (exact) mass is 262 g/mol. The highest BCUT2D eigenvalue weighted by Gasteiger charge is 2.21. The summed E-state index contributed by atoms with van der Waals surface area (Å²) in [7, 11) is -2.40. The Kier molecular flexibility index (Phi) is 3.94. The fraction of sp³-hybridized carbons (Fsp3) is 0.400. The van der Waals surface area contributed by atoms with Crippen LogP contribution in [0.3, 0.4) is 0 Å². The molecule has 0 bridgehead atoms. The number of hydrogen-bond donors (Lipinski definition) is 2. The lowest BCUT2D eigenvalue weighted by atomic mass is 10.3. The first-order valence-electron chi connectivity index (χ1n) is 4.98. The third-order valence-corrected chi connectivity index (χ3v) is 3.96. The Morgan fingerprint density at radius 3 is 2.53 bits per heavy atom. The summed E-state index contributed by atoms with van der Waals surface area (Å²) in [4.78, 5) is 0. The molecule has 1 aromatic carbocycles. The van der Waals surface area contributed by atoms with Gasteiger partial charge in [-0.2, -0.15) is 12.7 Å². The molecule has 2 N–H and O–H groups in total. The lowest BCUT2D eigenvalue weighted by Gasteiger charge is -2.21. The maximum Gasteiger partial charge on any atom is 0.301 e. The van der Waals surface area contributed by atoms with Gasteiger partial charge in [0.25, 0.3) is 0 Å². The minimum atomic E-state index is -3.80. The molecule has 17 heavy (non-hydrogen) atoms. The molecule has 0 saturated heterocycles. The van der Waals surface area contributed by atoms with E-state index in [4.69, 9.17) is 0 Å². The van der Waals surface area contributed by atoms with E-state index in [1.165, 1.54) is 7.05 Å². The second-order valence-corrected chi connectivity index (χ2v) is 5.61. The number of hydrogen-bond acceptors (Lipinski definition) is 3. The first-order valence-corrected chi connectivity index (χ1v) is 6.42. The summed E-state index contributed by atoms with van der Waals surface area (Å²) in [5.41, 5.74) is -0.183. The Morgan fingerprint density at radius 2 is 2.00 bits per heavy atom. The molecule has 0 amide bonds. The number of aromatic hydroxyl groups is 1. The fourth-order valence-electron chi connectivity index (χ4n) is 1.08. The Morgan fingerprint density at radius 1 is 1.41 bits per heavy atom. The molecule has 0 aromatic heterocycles. The topological polar surface area (TPSA) is 69.6 Å². The van der Waals surface area contributed by atoms with Crippen LogP contribution in [-0.4, -0.2) is 30.9 Å². The number of nitrogens with one attached hydrogen (secondary N) is 1. The van der Waals surface area contributed by atoms with Gasteiger partial charge in [0.1, 0.15) is 11.6 Å². The van der Waals surface area contributed by atoms with Gasteiger partial charge in [-0.1, -0.05) is 0 Å². The van der Waals surface area contributed by atoms with E-state index in [2.05, 4.69) is 4.72 Å². The molecule has 0 spiro atoms. The third kappa shape index (κ3) is 3.31. The number of anilines is 1. The maximum absolute atomic E-state index is 12.9. The van der Waals surface area contributed by atoms with E-state index >= 15 is 0 Å². The van der Waals surface area contributed by atoms with Crippen LogP contribution in [0.25, 0.3) is 0 Å². The highest BCUT2D eigenvalue weighted by Crippen LogP contribution is 2.25. The zero-order chi connectivity index (χ0) is 13.2. The predicted molar refractivity (Wildman–Crippen MR) is 63.5 cm³/mol. The first-order chi connectivity index (χ1) is 7.74. The lowest BCUT2D eigenvalue weighted by Crippen LogP contribution is -2.37. The molecule has 7 heteroatoms. The van der Waals surface area contributed by atoms with Crippen molar-refractivity contribution in [1.82, 2.24) is 4.31 Å². The quantitative estimate of drug-likeness (QED) is 0.808. The molecule has 0 fully saturated rings. The van der Waals surface area contributed by atoms with Gasteiger partial charge in [-0.05, 0) is 26.0 Å². The Bertz CT molecular complexity index is 502. The number of nitrogens with zero attached hydrogens (tertiary/aromatic N) is 1. The molecule has 0 radical (unpaired) electrons. The summed E-state index contributed by atoms with van der Waals surface area (Å²) in [5.74, 6) is -0.958. The van der Waals surface area contributed by atoms with Crippen LogP contribution in [0.15, 0.2) is 18.2 Å². The average molecular weight is 262 g/mol. The highest BCUT2D eigenvalue weighted by atomic mass is 32.2. The van der Waals surface area contributed by atoms with Crippen molar-refractivity contribution in [2.75, 3.05) is 11.8 Å². The number of benzene rings is 1. The molecular weight excluding hydrogens is 247 g/mol. The molecule has 0 aliphatic heterocycles. The van der Waals surface area contributed by atoms with Crippen molar-refractivity contribution in [1.29, 1.82) is 0 Å².